The summed E-state index contributed by atoms with van der Waals surface area (Å²) in [7, 11) is 0. The van der Waals surface area contributed by atoms with Crippen LogP contribution in [0.25, 0.3) is 0 Å². The Labute approximate surface area is 160 Å². The van der Waals surface area contributed by atoms with Crippen LogP contribution in [0.15, 0.2) is 48.5 Å². The number of hydrogen-bond acceptors (Lipinski definition) is 4. The van der Waals surface area contributed by atoms with Gasteiger partial charge in [-0.25, -0.2) is 0 Å². The first-order valence-corrected chi connectivity index (χ1v) is 9.23. The lowest BCUT2D eigenvalue weighted by Crippen LogP contribution is -2.33. The Hall–Kier alpha value is -3.02. The molecule has 144 valence electrons. The van der Waals surface area contributed by atoms with Crippen molar-refractivity contribution >= 4 is 23.2 Å². The Morgan fingerprint density at radius 2 is 1.63 bits per heavy atom. The van der Waals surface area contributed by atoms with Crippen molar-refractivity contribution in [2.75, 3.05) is 36.5 Å². The van der Waals surface area contributed by atoms with Crippen molar-refractivity contribution in [3.05, 3.63) is 54.1 Å². The molecule has 27 heavy (non-hydrogen) atoms. The highest BCUT2D eigenvalue weighted by atomic mass is 16.5. The Bertz CT molecular complexity index is 756. The van der Waals surface area contributed by atoms with Crippen LogP contribution in [0.1, 0.15) is 31.1 Å². The van der Waals surface area contributed by atoms with Gasteiger partial charge in [0.15, 0.2) is 0 Å². The molecule has 0 spiro atoms. The van der Waals surface area contributed by atoms with E-state index in [9.17, 15) is 9.59 Å². The molecule has 2 amide bonds. The molecule has 2 aromatic rings. The summed E-state index contributed by atoms with van der Waals surface area (Å²) >= 11 is 0. The number of anilines is 2. The second-order valence-corrected chi connectivity index (χ2v) is 5.88. The number of carbonyl (C=O) groups is 2. The lowest BCUT2D eigenvalue weighted by Gasteiger charge is -2.21. The quantitative estimate of drug-likeness (QED) is 0.711. The molecule has 0 atom stereocenters. The first-order valence-electron chi connectivity index (χ1n) is 9.23. The van der Waals surface area contributed by atoms with E-state index in [-0.39, 0.29) is 18.4 Å². The molecule has 6 nitrogen and oxygen atoms in total. The molecule has 0 aliphatic carbocycles. The highest BCUT2D eigenvalue weighted by Gasteiger charge is 2.13. The first kappa shape index (κ1) is 20.3. The van der Waals surface area contributed by atoms with Crippen LogP contribution in [0.5, 0.6) is 5.75 Å². The summed E-state index contributed by atoms with van der Waals surface area (Å²) in [4.78, 5) is 26.7. The van der Waals surface area contributed by atoms with Crippen molar-refractivity contribution in [2.45, 2.75) is 20.8 Å². The van der Waals surface area contributed by atoms with E-state index >= 15 is 0 Å². The molecule has 2 aromatic carbocycles. The van der Waals surface area contributed by atoms with E-state index in [1.165, 1.54) is 0 Å². The maximum atomic E-state index is 12.3. The Morgan fingerprint density at radius 1 is 0.963 bits per heavy atom. The van der Waals surface area contributed by atoms with Gasteiger partial charge in [0, 0.05) is 24.5 Å². The van der Waals surface area contributed by atoms with Crippen LogP contribution in [0.4, 0.5) is 11.4 Å². The molecule has 2 N–H and O–H groups in total. The Morgan fingerprint density at radius 3 is 2.26 bits per heavy atom. The van der Waals surface area contributed by atoms with Crippen molar-refractivity contribution in [3.63, 3.8) is 0 Å². The monoisotopic (exact) mass is 369 g/mol. The summed E-state index contributed by atoms with van der Waals surface area (Å²) < 4.78 is 5.44. The molecule has 0 heterocycles. The van der Waals surface area contributed by atoms with E-state index in [0.717, 1.165) is 18.8 Å². The van der Waals surface area contributed by atoms with E-state index in [0.29, 0.717) is 23.6 Å². The number of rotatable bonds is 9. The van der Waals surface area contributed by atoms with Crippen LogP contribution in [-0.4, -0.2) is 38.1 Å². The maximum absolute atomic E-state index is 12.3. The third-order valence-corrected chi connectivity index (χ3v) is 4.12. The molecule has 0 saturated carbocycles. The van der Waals surface area contributed by atoms with Crippen LogP contribution in [0.2, 0.25) is 0 Å². The van der Waals surface area contributed by atoms with Gasteiger partial charge >= 0.3 is 0 Å². The molecule has 0 aliphatic rings. The van der Waals surface area contributed by atoms with Gasteiger partial charge in [-0.3, -0.25) is 9.59 Å². The van der Waals surface area contributed by atoms with Crippen LogP contribution < -0.4 is 20.3 Å². The van der Waals surface area contributed by atoms with Crippen molar-refractivity contribution in [1.82, 2.24) is 5.32 Å². The second-order valence-electron chi connectivity index (χ2n) is 5.88. The van der Waals surface area contributed by atoms with Gasteiger partial charge in [0.1, 0.15) is 5.75 Å². The average Bonchev–Trinajstić information content (AvgIpc) is 2.69. The molecule has 0 aromatic heterocycles. The molecule has 6 heteroatoms. The number of amides is 2. The van der Waals surface area contributed by atoms with Gasteiger partial charge in [-0.1, -0.05) is 12.1 Å². The summed E-state index contributed by atoms with van der Waals surface area (Å²) in [5, 5.41) is 5.41. The van der Waals surface area contributed by atoms with Crippen LogP contribution in [-0.2, 0) is 4.79 Å². The molecular formula is C21H27N3O3. The van der Waals surface area contributed by atoms with Gasteiger partial charge in [-0.15, -0.1) is 0 Å². The minimum absolute atomic E-state index is 0.114. The van der Waals surface area contributed by atoms with Gasteiger partial charge in [0.2, 0.25) is 5.91 Å². The summed E-state index contributed by atoms with van der Waals surface area (Å²) in [6.07, 6.45) is 0. The number of benzene rings is 2. The third kappa shape index (κ3) is 5.74. The normalized spacial score (nSPS) is 10.2. The molecule has 0 unspecified atom stereocenters. The fourth-order valence-electron chi connectivity index (χ4n) is 2.74. The largest absolute Gasteiger partial charge is 0.493 e. The Balaban J connectivity index is 1.90. The minimum atomic E-state index is -0.342. The molecule has 0 aliphatic heterocycles. The van der Waals surface area contributed by atoms with E-state index in [2.05, 4.69) is 29.4 Å². The van der Waals surface area contributed by atoms with Gasteiger partial charge in [0.05, 0.1) is 18.7 Å². The second kappa shape index (κ2) is 10.2. The number of carbonyl (C=O) groups excluding carboxylic acids is 2. The van der Waals surface area contributed by atoms with Gasteiger partial charge in [0.25, 0.3) is 5.91 Å². The Kier molecular flexibility index (Phi) is 7.67. The third-order valence-electron chi connectivity index (χ3n) is 4.12. The zero-order chi connectivity index (χ0) is 19.6. The number of nitrogens with zero attached hydrogens (tertiary/aromatic N) is 1. The minimum Gasteiger partial charge on any atom is -0.493 e. The van der Waals surface area contributed by atoms with E-state index in [1.807, 2.05) is 31.2 Å². The SMILES string of the molecule is CCOc1ccccc1C(=O)NCC(=O)Nc1ccc(N(CC)CC)cc1. The lowest BCUT2D eigenvalue weighted by molar-refractivity contribution is -0.115. The maximum Gasteiger partial charge on any atom is 0.255 e. The summed E-state index contributed by atoms with van der Waals surface area (Å²) in [5.41, 5.74) is 2.22. The number of hydrogen-bond donors (Lipinski definition) is 2. The molecule has 0 radical (unpaired) electrons. The fraction of sp³-hybridized carbons (Fsp3) is 0.333. The van der Waals surface area contributed by atoms with Crippen molar-refractivity contribution in [2.24, 2.45) is 0 Å². The summed E-state index contributed by atoms with van der Waals surface area (Å²) in [5.74, 6) is -0.121. The molecule has 0 fully saturated rings. The van der Waals surface area contributed by atoms with Crippen LogP contribution in [0, 0.1) is 0 Å². The smallest absolute Gasteiger partial charge is 0.255 e. The number of ether oxygens (including phenoxy) is 1. The van der Waals surface area contributed by atoms with Gasteiger partial charge in [-0.05, 0) is 57.2 Å². The zero-order valence-electron chi connectivity index (χ0n) is 16.1. The highest BCUT2D eigenvalue weighted by Crippen LogP contribution is 2.18. The van der Waals surface area contributed by atoms with Crippen molar-refractivity contribution in [1.29, 1.82) is 0 Å². The fourth-order valence-corrected chi connectivity index (χ4v) is 2.74. The molecule has 2 rings (SSSR count). The first-order chi connectivity index (χ1) is 13.1. The van der Waals surface area contributed by atoms with Gasteiger partial charge in [-0.2, -0.15) is 0 Å². The van der Waals surface area contributed by atoms with Crippen molar-refractivity contribution in [3.8, 4) is 5.75 Å². The van der Waals surface area contributed by atoms with Crippen LogP contribution >= 0.6 is 0 Å². The molecular weight excluding hydrogens is 342 g/mol. The summed E-state index contributed by atoms with van der Waals surface area (Å²) in [6, 6.07) is 14.6. The number of para-hydroxylation sites is 1. The number of nitrogens with one attached hydrogen (secondary N) is 2. The van der Waals surface area contributed by atoms with Gasteiger partial charge < -0.3 is 20.3 Å². The lowest BCUT2D eigenvalue weighted by atomic mass is 10.2. The van der Waals surface area contributed by atoms with Crippen LogP contribution in [0.3, 0.4) is 0 Å². The predicted molar refractivity (Wildman–Crippen MR) is 109 cm³/mol. The predicted octanol–water partition coefficient (Wildman–Crippen LogP) is 3.30. The molecule has 0 bridgehead atoms. The molecule has 0 saturated heterocycles. The zero-order valence-corrected chi connectivity index (χ0v) is 16.1. The van der Waals surface area contributed by atoms with Crippen molar-refractivity contribution < 1.29 is 14.3 Å². The van der Waals surface area contributed by atoms with E-state index < -0.39 is 0 Å². The summed E-state index contributed by atoms with van der Waals surface area (Å²) in [6.45, 7) is 8.27. The standard InChI is InChI=1S/C21H27N3O3/c1-4-24(5-2)17-13-11-16(12-14-17)23-20(25)15-22-21(26)18-9-7-8-10-19(18)27-6-3/h7-14H,4-6,15H2,1-3H3,(H,22,26)(H,23,25). The highest BCUT2D eigenvalue weighted by molar-refractivity contribution is 6.00. The van der Waals surface area contributed by atoms with E-state index in [1.54, 1.807) is 24.3 Å². The topological polar surface area (TPSA) is 70.7 Å². The average molecular weight is 369 g/mol. The van der Waals surface area contributed by atoms with E-state index in [4.69, 9.17) is 4.74 Å².